The van der Waals surface area contributed by atoms with E-state index < -0.39 is 10.0 Å². The van der Waals surface area contributed by atoms with E-state index in [2.05, 4.69) is 25.5 Å². The van der Waals surface area contributed by atoms with Crippen molar-refractivity contribution in [2.24, 2.45) is 5.92 Å². The molecule has 0 bridgehead atoms. The Hall–Kier alpha value is -2.22. The summed E-state index contributed by atoms with van der Waals surface area (Å²) < 4.78 is 33.4. The third kappa shape index (κ3) is 6.18. The molecule has 32 heavy (non-hydrogen) atoms. The monoisotopic (exact) mass is 458 g/mol. The number of benzene rings is 2. The van der Waals surface area contributed by atoms with E-state index in [9.17, 15) is 13.2 Å². The Bertz CT molecular complexity index is 1000. The Kier molecular flexibility index (Phi) is 7.75. The van der Waals surface area contributed by atoms with E-state index in [1.807, 2.05) is 24.0 Å². The maximum atomic E-state index is 12.8. The predicted molar refractivity (Wildman–Crippen MR) is 126 cm³/mol. The molecular weight excluding hydrogens is 424 g/mol. The molecule has 174 valence electrons. The first-order valence-corrected chi connectivity index (χ1v) is 12.6. The van der Waals surface area contributed by atoms with Crippen LogP contribution in [0.15, 0.2) is 53.4 Å². The second kappa shape index (κ2) is 10.1. The molecule has 6 nitrogen and oxygen atoms in total. The van der Waals surface area contributed by atoms with Crippen LogP contribution in [0, 0.1) is 5.92 Å². The maximum absolute atomic E-state index is 12.8. The molecule has 1 fully saturated rings. The second-order valence-corrected chi connectivity index (χ2v) is 11.1. The molecular formula is C25H34N2O4S. The fourth-order valence-corrected chi connectivity index (χ4v) is 4.76. The van der Waals surface area contributed by atoms with Crippen LogP contribution in [0.5, 0.6) is 0 Å². The number of sulfonamides is 1. The van der Waals surface area contributed by atoms with Gasteiger partial charge in [-0.15, -0.1) is 0 Å². The number of nitrogens with one attached hydrogen (secondary N) is 1. The summed E-state index contributed by atoms with van der Waals surface area (Å²) in [6.45, 7) is 11.2. The first-order chi connectivity index (χ1) is 15.1. The average molecular weight is 459 g/mol. The van der Waals surface area contributed by atoms with Gasteiger partial charge in [-0.1, -0.05) is 45.0 Å². The molecule has 2 aromatic rings. The summed E-state index contributed by atoms with van der Waals surface area (Å²) in [7, 11) is -3.62. The minimum Gasteiger partial charge on any atom is -0.381 e. The SMILES string of the molecule is CCN(CC1CCOC1)C(=O)c1ccc(CNS(=O)(=O)c2ccc(C(C)(C)C)cc2)cc1. The van der Waals surface area contributed by atoms with E-state index in [4.69, 9.17) is 4.74 Å². The second-order valence-electron chi connectivity index (χ2n) is 9.37. The molecule has 1 amide bonds. The standard InChI is InChI=1S/C25H34N2O4S/c1-5-27(17-20-14-15-31-18-20)24(28)21-8-6-19(7-9-21)16-26-32(29,30)23-12-10-22(11-13-23)25(2,3)4/h6-13,20,26H,5,14-18H2,1-4H3. The topological polar surface area (TPSA) is 75.7 Å². The van der Waals surface area contributed by atoms with Gasteiger partial charge < -0.3 is 9.64 Å². The van der Waals surface area contributed by atoms with E-state index in [0.29, 0.717) is 31.2 Å². The van der Waals surface area contributed by atoms with Gasteiger partial charge in [-0.05, 0) is 54.2 Å². The van der Waals surface area contributed by atoms with Gasteiger partial charge in [-0.25, -0.2) is 13.1 Å². The zero-order valence-electron chi connectivity index (χ0n) is 19.4. The minimum absolute atomic E-state index is 0.00883. The molecule has 0 spiro atoms. The first kappa shape index (κ1) is 24.4. The fourth-order valence-electron chi connectivity index (χ4n) is 3.74. The molecule has 0 saturated carbocycles. The van der Waals surface area contributed by atoms with Crippen molar-refractivity contribution in [2.75, 3.05) is 26.3 Å². The molecule has 1 atom stereocenters. The summed E-state index contributed by atoms with van der Waals surface area (Å²) in [6.07, 6.45) is 0.988. The number of rotatable bonds is 8. The van der Waals surface area contributed by atoms with Crippen LogP contribution in [0.1, 0.15) is 55.6 Å². The molecule has 1 unspecified atom stereocenters. The number of nitrogens with zero attached hydrogens (tertiary/aromatic N) is 1. The largest absolute Gasteiger partial charge is 0.381 e. The predicted octanol–water partition coefficient (Wildman–Crippen LogP) is 3.96. The first-order valence-electron chi connectivity index (χ1n) is 11.2. The van der Waals surface area contributed by atoms with Crippen molar-refractivity contribution in [1.82, 2.24) is 9.62 Å². The quantitative estimate of drug-likeness (QED) is 0.650. The van der Waals surface area contributed by atoms with Gasteiger partial charge in [0, 0.05) is 37.7 Å². The Balaban J connectivity index is 1.60. The van der Waals surface area contributed by atoms with Crippen LogP contribution in [-0.4, -0.2) is 45.5 Å². The van der Waals surface area contributed by atoms with Crippen LogP contribution in [0.3, 0.4) is 0 Å². The average Bonchev–Trinajstić information content (AvgIpc) is 3.29. The molecule has 7 heteroatoms. The third-order valence-electron chi connectivity index (χ3n) is 5.87. The summed E-state index contributed by atoms with van der Waals surface area (Å²) in [5.74, 6) is 0.385. The highest BCUT2D eigenvalue weighted by Gasteiger charge is 2.22. The Morgan fingerprint density at radius 3 is 2.28 bits per heavy atom. The number of carbonyl (C=O) groups is 1. The van der Waals surface area contributed by atoms with Crippen molar-refractivity contribution >= 4 is 15.9 Å². The molecule has 0 aliphatic carbocycles. The van der Waals surface area contributed by atoms with E-state index in [1.165, 1.54) is 0 Å². The minimum atomic E-state index is -3.62. The molecule has 1 heterocycles. The molecule has 2 aromatic carbocycles. The lowest BCUT2D eigenvalue weighted by molar-refractivity contribution is 0.0731. The number of hydrogen-bond donors (Lipinski definition) is 1. The van der Waals surface area contributed by atoms with E-state index in [0.717, 1.165) is 24.2 Å². The van der Waals surface area contributed by atoms with Crippen LogP contribution in [0.2, 0.25) is 0 Å². The van der Waals surface area contributed by atoms with Crippen LogP contribution >= 0.6 is 0 Å². The van der Waals surface area contributed by atoms with Gasteiger partial charge in [-0.3, -0.25) is 4.79 Å². The highest BCUT2D eigenvalue weighted by atomic mass is 32.2. The summed E-state index contributed by atoms with van der Waals surface area (Å²) >= 11 is 0. The summed E-state index contributed by atoms with van der Waals surface area (Å²) in [5, 5.41) is 0. The van der Waals surface area contributed by atoms with Gasteiger partial charge in [0.05, 0.1) is 11.5 Å². The smallest absolute Gasteiger partial charge is 0.253 e. The Morgan fingerprint density at radius 1 is 1.09 bits per heavy atom. The summed E-state index contributed by atoms with van der Waals surface area (Å²) in [5.41, 5.74) is 2.45. The number of hydrogen-bond acceptors (Lipinski definition) is 4. The van der Waals surface area contributed by atoms with E-state index in [1.54, 1.807) is 36.4 Å². The number of amides is 1. The summed E-state index contributed by atoms with van der Waals surface area (Å²) in [6, 6.07) is 14.1. The Labute approximate surface area is 192 Å². The van der Waals surface area contributed by atoms with E-state index in [-0.39, 0.29) is 22.8 Å². The number of carbonyl (C=O) groups excluding carboxylic acids is 1. The Morgan fingerprint density at radius 2 is 1.75 bits per heavy atom. The van der Waals surface area contributed by atoms with Gasteiger partial charge in [0.25, 0.3) is 5.91 Å². The lowest BCUT2D eigenvalue weighted by Gasteiger charge is -2.24. The van der Waals surface area contributed by atoms with Gasteiger partial charge in [-0.2, -0.15) is 0 Å². The molecule has 1 N–H and O–H groups in total. The fraction of sp³-hybridized carbons (Fsp3) is 0.480. The van der Waals surface area contributed by atoms with Gasteiger partial charge >= 0.3 is 0 Å². The van der Waals surface area contributed by atoms with Crippen molar-refractivity contribution < 1.29 is 17.9 Å². The van der Waals surface area contributed by atoms with Crippen molar-refractivity contribution in [3.63, 3.8) is 0 Å². The van der Waals surface area contributed by atoms with Crippen LogP contribution < -0.4 is 4.72 Å². The van der Waals surface area contributed by atoms with Crippen molar-refractivity contribution in [3.05, 3.63) is 65.2 Å². The highest BCUT2D eigenvalue weighted by Crippen LogP contribution is 2.23. The van der Waals surface area contributed by atoms with Gasteiger partial charge in [0.2, 0.25) is 10.0 Å². The molecule has 1 aliphatic rings. The maximum Gasteiger partial charge on any atom is 0.253 e. The molecule has 0 aromatic heterocycles. The molecule has 1 saturated heterocycles. The summed E-state index contributed by atoms with van der Waals surface area (Å²) in [4.78, 5) is 14.9. The van der Waals surface area contributed by atoms with Gasteiger partial charge in [0.15, 0.2) is 0 Å². The van der Waals surface area contributed by atoms with E-state index >= 15 is 0 Å². The van der Waals surface area contributed by atoms with Crippen molar-refractivity contribution in [1.29, 1.82) is 0 Å². The van der Waals surface area contributed by atoms with Crippen LogP contribution in [-0.2, 0) is 26.7 Å². The molecule has 0 radical (unpaired) electrons. The van der Waals surface area contributed by atoms with Crippen molar-refractivity contribution in [3.8, 4) is 0 Å². The highest BCUT2D eigenvalue weighted by molar-refractivity contribution is 7.89. The normalized spacial score (nSPS) is 16.8. The van der Waals surface area contributed by atoms with Crippen LogP contribution in [0.4, 0.5) is 0 Å². The third-order valence-corrected chi connectivity index (χ3v) is 7.29. The molecule has 3 rings (SSSR count). The zero-order valence-corrected chi connectivity index (χ0v) is 20.2. The zero-order chi connectivity index (χ0) is 23.4. The van der Waals surface area contributed by atoms with Gasteiger partial charge in [0.1, 0.15) is 0 Å². The lowest BCUT2D eigenvalue weighted by atomic mass is 9.87. The number of ether oxygens (including phenoxy) is 1. The molecule has 1 aliphatic heterocycles. The lowest BCUT2D eigenvalue weighted by Crippen LogP contribution is -2.35. The van der Waals surface area contributed by atoms with Crippen LogP contribution in [0.25, 0.3) is 0 Å². The van der Waals surface area contributed by atoms with Crippen molar-refractivity contribution in [2.45, 2.75) is 51.0 Å².